The van der Waals surface area contributed by atoms with Crippen LogP contribution in [0.25, 0.3) is 11.4 Å². The van der Waals surface area contributed by atoms with Crippen LogP contribution in [0.4, 0.5) is 0 Å². The molecule has 0 bridgehead atoms. The molecule has 0 aliphatic carbocycles. The SMILES string of the molecule is Cc1ccc(-c2nnc(S(N)(=O)=O)n2C(C)C)c(Br)c1. The minimum atomic E-state index is -3.91. The van der Waals surface area contributed by atoms with Gasteiger partial charge in [0, 0.05) is 16.1 Å². The first-order chi connectivity index (χ1) is 9.21. The summed E-state index contributed by atoms with van der Waals surface area (Å²) in [4.78, 5) is 0. The van der Waals surface area contributed by atoms with Crippen molar-refractivity contribution in [2.45, 2.75) is 32.0 Å². The molecule has 6 nitrogen and oxygen atoms in total. The van der Waals surface area contributed by atoms with Crippen LogP contribution < -0.4 is 5.14 Å². The number of nitrogens with two attached hydrogens (primary N) is 1. The summed E-state index contributed by atoms with van der Waals surface area (Å²) in [5.41, 5.74) is 1.86. The van der Waals surface area contributed by atoms with Gasteiger partial charge in [0.1, 0.15) is 0 Å². The second-order valence-electron chi connectivity index (χ2n) is 4.80. The molecule has 0 unspecified atom stereocenters. The Labute approximate surface area is 126 Å². The van der Waals surface area contributed by atoms with Crippen LogP contribution in [0.1, 0.15) is 25.5 Å². The average Bonchev–Trinajstić information content (AvgIpc) is 2.72. The molecule has 2 rings (SSSR count). The Kier molecular flexibility index (Phi) is 3.99. The summed E-state index contributed by atoms with van der Waals surface area (Å²) in [5.74, 6) is 0.468. The molecule has 2 N–H and O–H groups in total. The zero-order valence-electron chi connectivity index (χ0n) is 11.3. The van der Waals surface area contributed by atoms with E-state index in [0.717, 1.165) is 15.6 Å². The predicted octanol–water partition coefficient (Wildman–Crippen LogP) is 2.24. The molecule has 108 valence electrons. The summed E-state index contributed by atoms with van der Waals surface area (Å²) in [7, 11) is -3.91. The lowest BCUT2D eigenvalue weighted by atomic mass is 10.1. The number of aryl methyl sites for hydroxylation is 1. The zero-order valence-corrected chi connectivity index (χ0v) is 13.7. The standard InChI is InChI=1S/C12H15BrN4O2S/c1-7(2)17-11(15-16-12(17)20(14,18)19)9-5-4-8(3)6-10(9)13/h4-7H,1-3H3,(H2,14,18,19). The summed E-state index contributed by atoms with van der Waals surface area (Å²) in [6, 6.07) is 5.60. The summed E-state index contributed by atoms with van der Waals surface area (Å²) in [6.07, 6.45) is 0. The number of aromatic nitrogens is 3. The highest BCUT2D eigenvalue weighted by Crippen LogP contribution is 2.30. The molecule has 1 aromatic carbocycles. The number of primary sulfonamides is 1. The maximum absolute atomic E-state index is 11.6. The predicted molar refractivity (Wildman–Crippen MR) is 79.7 cm³/mol. The maximum Gasteiger partial charge on any atom is 0.273 e. The van der Waals surface area contributed by atoms with Gasteiger partial charge in [0.25, 0.3) is 15.2 Å². The Hall–Kier alpha value is -1.25. The molecular formula is C12H15BrN4O2S. The topological polar surface area (TPSA) is 90.9 Å². The number of rotatable bonds is 3. The first kappa shape index (κ1) is 15.1. The number of hydrogen-bond acceptors (Lipinski definition) is 4. The third-order valence-electron chi connectivity index (χ3n) is 2.80. The van der Waals surface area contributed by atoms with Gasteiger partial charge in [0.15, 0.2) is 5.82 Å². The highest BCUT2D eigenvalue weighted by molar-refractivity contribution is 9.10. The number of hydrogen-bond donors (Lipinski definition) is 1. The van der Waals surface area contributed by atoms with E-state index in [1.54, 1.807) is 0 Å². The quantitative estimate of drug-likeness (QED) is 0.910. The van der Waals surface area contributed by atoms with Crippen molar-refractivity contribution in [2.75, 3.05) is 0 Å². The summed E-state index contributed by atoms with van der Waals surface area (Å²) in [6.45, 7) is 5.67. The molecule has 0 radical (unpaired) electrons. The van der Waals surface area contributed by atoms with Crippen LogP contribution >= 0.6 is 15.9 Å². The van der Waals surface area contributed by atoms with Crippen molar-refractivity contribution in [3.63, 3.8) is 0 Å². The van der Waals surface area contributed by atoms with Crippen molar-refractivity contribution in [3.8, 4) is 11.4 Å². The third kappa shape index (κ3) is 2.77. The molecule has 0 spiro atoms. The van der Waals surface area contributed by atoms with E-state index in [4.69, 9.17) is 5.14 Å². The number of benzene rings is 1. The Balaban J connectivity index is 2.73. The molecule has 0 saturated heterocycles. The Morgan fingerprint density at radius 1 is 1.30 bits per heavy atom. The largest absolute Gasteiger partial charge is 0.294 e. The van der Waals surface area contributed by atoms with Crippen LogP contribution in [0.3, 0.4) is 0 Å². The number of nitrogens with zero attached hydrogens (tertiary/aromatic N) is 3. The fourth-order valence-electron chi connectivity index (χ4n) is 1.92. The van der Waals surface area contributed by atoms with E-state index in [1.807, 2.05) is 39.0 Å². The van der Waals surface area contributed by atoms with Crippen LogP contribution in [0.2, 0.25) is 0 Å². The summed E-state index contributed by atoms with van der Waals surface area (Å²) < 4.78 is 25.5. The van der Waals surface area contributed by atoms with Gasteiger partial charge < -0.3 is 0 Å². The lowest BCUT2D eigenvalue weighted by Crippen LogP contribution is -2.20. The van der Waals surface area contributed by atoms with Gasteiger partial charge in [0.05, 0.1) is 0 Å². The molecule has 1 heterocycles. The fraction of sp³-hybridized carbons (Fsp3) is 0.333. The molecular weight excluding hydrogens is 344 g/mol. The number of halogens is 1. The van der Waals surface area contributed by atoms with E-state index in [1.165, 1.54) is 4.57 Å². The van der Waals surface area contributed by atoms with Crippen LogP contribution in [0.15, 0.2) is 27.8 Å². The lowest BCUT2D eigenvalue weighted by molar-refractivity contribution is 0.524. The summed E-state index contributed by atoms with van der Waals surface area (Å²) in [5, 5.41) is 12.7. The number of sulfonamides is 1. The first-order valence-corrected chi connectivity index (χ1v) is 8.30. The molecule has 0 aliphatic rings. The molecule has 0 fully saturated rings. The Bertz CT molecular complexity index is 753. The van der Waals surface area contributed by atoms with E-state index in [0.29, 0.717) is 5.82 Å². The van der Waals surface area contributed by atoms with Crippen molar-refractivity contribution in [2.24, 2.45) is 5.14 Å². The van der Waals surface area contributed by atoms with Crippen molar-refractivity contribution in [1.29, 1.82) is 0 Å². The molecule has 0 saturated carbocycles. The molecule has 20 heavy (non-hydrogen) atoms. The minimum Gasteiger partial charge on any atom is -0.294 e. The monoisotopic (exact) mass is 358 g/mol. The Morgan fingerprint density at radius 3 is 2.45 bits per heavy atom. The molecule has 0 amide bonds. The van der Waals surface area contributed by atoms with Gasteiger partial charge >= 0.3 is 0 Å². The van der Waals surface area contributed by atoms with Crippen molar-refractivity contribution in [3.05, 3.63) is 28.2 Å². The first-order valence-electron chi connectivity index (χ1n) is 5.96. The highest BCUT2D eigenvalue weighted by atomic mass is 79.9. The molecule has 0 atom stereocenters. The fourth-order valence-corrected chi connectivity index (χ4v) is 3.32. The van der Waals surface area contributed by atoms with Gasteiger partial charge in [-0.05, 0) is 38.5 Å². The van der Waals surface area contributed by atoms with E-state index in [2.05, 4.69) is 26.1 Å². The van der Waals surface area contributed by atoms with Crippen molar-refractivity contribution in [1.82, 2.24) is 14.8 Å². The average molecular weight is 359 g/mol. The van der Waals surface area contributed by atoms with E-state index in [9.17, 15) is 8.42 Å². The molecule has 0 aliphatic heterocycles. The second kappa shape index (κ2) is 5.27. The van der Waals surface area contributed by atoms with Crippen LogP contribution in [0, 0.1) is 6.92 Å². The van der Waals surface area contributed by atoms with Gasteiger partial charge in [-0.2, -0.15) is 0 Å². The van der Waals surface area contributed by atoms with Gasteiger partial charge in [0.2, 0.25) is 0 Å². The maximum atomic E-state index is 11.6. The van der Waals surface area contributed by atoms with Crippen molar-refractivity contribution < 1.29 is 8.42 Å². The smallest absolute Gasteiger partial charge is 0.273 e. The van der Waals surface area contributed by atoms with E-state index in [-0.39, 0.29) is 11.2 Å². The third-order valence-corrected chi connectivity index (χ3v) is 4.24. The molecule has 1 aromatic heterocycles. The highest BCUT2D eigenvalue weighted by Gasteiger charge is 2.24. The van der Waals surface area contributed by atoms with Crippen LogP contribution in [-0.2, 0) is 10.0 Å². The van der Waals surface area contributed by atoms with E-state index >= 15 is 0 Å². The normalized spacial score (nSPS) is 12.1. The van der Waals surface area contributed by atoms with Gasteiger partial charge in [-0.25, -0.2) is 13.6 Å². The van der Waals surface area contributed by atoms with Gasteiger partial charge in [-0.15, -0.1) is 10.2 Å². The van der Waals surface area contributed by atoms with E-state index < -0.39 is 10.0 Å². The Morgan fingerprint density at radius 2 is 1.95 bits per heavy atom. The van der Waals surface area contributed by atoms with Crippen LogP contribution in [-0.4, -0.2) is 23.2 Å². The zero-order chi connectivity index (χ0) is 15.1. The van der Waals surface area contributed by atoms with Crippen LogP contribution in [0.5, 0.6) is 0 Å². The van der Waals surface area contributed by atoms with Crippen molar-refractivity contribution >= 4 is 26.0 Å². The van der Waals surface area contributed by atoms with Gasteiger partial charge in [-0.1, -0.05) is 22.0 Å². The van der Waals surface area contributed by atoms with Gasteiger partial charge in [-0.3, -0.25) is 4.57 Å². The molecule has 2 aromatic rings. The second-order valence-corrected chi connectivity index (χ2v) is 7.11. The summed E-state index contributed by atoms with van der Waals surface area (Å²) >= 11 is 3.47. The lowest BCUT2D eigenvalue weighted by Gasteiger charge is -2.14. The molecule has 8 heteroatoms. The minimum absolute atomic E-state index is 0.137.